The molecule has 1 heterocycles. The van der Waals surface area contributed by atoms with Crippen LogP contribution in [0.3, 0.4) is 0 Å². The largest absolute Gasteiger partial charge is 0.512 e. The predicted octanol–water partition coefficient (Wildman–Crippen LogP) is 9.32. The van der Waals surface area contributed by atoms with E-state index in [0.29, 0.717) is 39.7 Å². The van der Waals surface area contributed by atoms with E-state index in [2.05, 4.69) is 5.32 Å². The summed E-state index contributed by atoms with van der Waals surface area (Å²) >= 11 is 0. The maximum absolute atomic E-state index is 13.5. The molecular formula is C41H38F3N3O7S2. The first-order valence-corrected chi connectivity index (χ1v) is 20.4. The number of nitrogens with one attached hydrogen (secondary N) is 2. The molecule has 4 aromatic carbocycles. The molecule has 10 nitrogen and oxygen atoms in total. The second-order valence-electron chi connectivity index (χ2n) is 13.4. The molecule has 2 N–H and O–H groups in total. The molecule has 6 rings (SSSR count). The van der Waals surface area contributed by atoms with Crippen molar-refractivity contribution in [2.75, 3.05) is 5.32 Å². The van der Waals surface area contributed by atoms with E-state index in [1.807, 2.05) is 64.1 Å². The van der Waals surface area contributed by atoms with E-state index in [0.717, 1.165) is 32.6 Å². The van der Waals surface area contributed by atoms with Crippen LogP contribution in [0.25, 0.3) is 33.4 Å². The molecule has 1 atom stereocenters. The molecule has 1 aliphatic carbocycles. The van der Waals surface area contributed by atoms with Gasteiger partial charge >= 0.3 is 21.5 Å². The normalized spacial score (nSPS) is 13.2. The molecule has 15 heteroatoms. The van der Waals surface area contributed by atoms with Crippen LogP contribution in [0.15, 0.2) is 111 Å². The summed E-state index contributed by atoms with van der Waals surface area (Å²) in [5.74, 6) is -0.365. The van der Waals surface area contributed by atoms with E-state index < -0.39 is 30.5 Å². The molecule has 292 valence electrons. The van der Waals surface area contributed by atoms with Crippen molar-refractivity contribution in [1.29, 1.82) is 0 Å². The number of aryl methyl sites for hydroxylation is 3. The standard InChI is InChI=1S/C41H38F3N3O7S2/c1-6-24(2)40(48)53-23-28-14-10-13-27(5)39(28)46-30-18-20-32-35(22-30)54-34-21-29(45-38-25(3)11-9-12-26(38)4)17-19-31(34)37(32)33-15-7-8-16-36(33)55(49,50)47-56(51,52)41(42,43)44/h7-22,24,45,47H,6,23H2,1-5H3/b46-30+. The highest BCUT2D eigenvalue weighted by Gasteiger charge is 2.48. The zero-order valence-corrected chi connectivity index (χ0v) is 32.6. The van der Waals surface area contributed by atoms with E-state index in [4.69, 9.17) is 14.1 Å². The smallest absolute Gasteiger partial charge is 0.461 e. The number of sulfonamides is 2. The second kappa shape index (κ2) is 15.6. The summed E-state index contributed by atoms with van der Waals surface area (Å²) < 4.78 is 104. The summed E-state index contributed by atoms with van der Waals surface area (Å²) in [5.41, 5.74) is 0.435. The Labute approximate surface area is 322 Å². The van der Waals surface area contributed by atoms with E-state index in [-0.39, 0.29) is 41.0 Å². The third-order valence-electron chi connectivity index (χ3n) is 9.37. The van der Waals surface area contributed by atoms with Crippen molar-refractivity contribution in [1.82, 2.24) is 4.13 Å². The zero-order valence-electron chi connectivity index (χ0n) is 31.0. The number of carbonyl (C=O) groups is 1. The lowest BCUT2D eigenvalue weighted by Crippen LogP contribution is -2.40. The van der Waals surface area contributed by atoms with Gasteiger partial charge in [0.05, 0.1) is 21.9 Å². The molecule has 0 fully saturated rings. The first kappa shape index (κ1) is 40.2. The number of hydrogen-bond acceptors (Lipinski definition) is 9. The molecule has 0 radical (unpaired) electrons. The van der Waals surface area contributed by atoms with Crippen molar-refractivity contribution < 1.29 is 44.0 Å². The lowest BCUT2D eigenvalue weighted by Gasteiger charge is -2.19. The summed E-state index contributed by atoms with van der Waals surface area (Å²) in [4.78, 5) is 16.7. The number of para-hydroxylation sites is 2. The first-order chi connectivity index (χ1) is 26.4. The zero-order chi connectivity index (χ0) is 40.6. The van der Waals surface area contributed by atoms with Gasteiger partial charge in [-0.2, -0.15) is 13.2 Å². The first-order valence-electron chi connectivity index (χ1n) is 17.5. The van der Waals surface area contributed by atoms with Crippen molar-refractivity contribution in [2.24, 2.45) is 10.9 Å². The van der Waals surface area contributed by atoms with Crippen LogP contribution in [0.2, 0.25) is 0 Å². The SMILES string of the molecule is CCC(C)C(=O)OCc1cccc(C)c1/N=c1\ccc2c(-c3ccccc3S(=O)(=O)NS(=O)(=O)C(F)(F)F)c3ccc(Nc4c(C)cccc4C)cc3oc-2c1. The topological polar surface area (TPSA) is 144 Å². The van der Waals surface area contributed by atoms with Gasteiger partial charge in [-0.1, -0.05) is 72.6 Å². The minimum Gasteiger partial charge on any atom is -0.461 e. The Kier molecular flexibility index (Phi) is 11.2. The van der Waals surface area contributed by atoms with Gasteiger partial charge in [-0.25, -0.2) is 21.8 Å². The number of anilines is 2. The third kappa shape index (κ3) is 8.20. The van der Waals surface area contributed by atoms with Crippen molar-refractivity contribution in [3.63, 3.8) is 0 Å². The molecule has 0 saturated heterocycles. The fourth-order valence-electron chi connectivity index (χ4n) is 6.20. The number of benzene rings is 5. The van der Waals surface area contributed by atoms with Gasteiger partial charge in [0.1, 0.15) is 18.0 Å². The number of ether oxygens (including phenoxy) is 1. The molecule has 1 unspecified atom stereocenters. The average Bonchev–Trinajstić information content (AvgIpc) is 3.14. The molecule has 2 aliphatic rings. The van der Waals surface area contributed by atoms with Gasteiger partial charge < -0.3 is 14.5 Å². The Hall–Kier alpha value is -5.51. The van der Waals surface area contributed by atoms with Gasteiger partial charge in [0.25, 0.3) is 10.0 Å². The highest BCUT2D eigenvalue weighted by atomic mass is 32.3. The number of halogens is 3. The summed E-state index contributed by atoms with van der Waals surface area (Å²) in [6.45, 7) is 9.46. The van der Waals surface area contributed by atoms with Crippen LogP contribution in [0.1, 0.15) is 42.5 Å². The fourth-order valence-corrected chi connectivity index (χ4v) is 8.81. The Morgan fingerprint density at radius 3 is 2.21 bits per heavy atom. The van der Waals surface area contributed by atoms with Crippen molar-refractivity contribution in [3.05, 3.63) is 125 Å². The van der Waals surface area contributed by atoms with Crippen LogP contribution in [0, 0.1) is 26.7 Å². The van der Waals surface area contributed by atoms with Crippen molar-refractivity contribution in [2.45, 2.75) is 58.1 Å². The van der Waals surface area contributed by atoms with Gasteiger partial charge in [-0.05, 0) is 74.2 Å². The minimum atomic E-state index is -6.29. The monoisotopic (exact) mass is 805 g/mol. The third-order valence-corrected chi connectivity index (χ3v) is 12.7. The highest BCUT2D eigenvalue weighted by molar-refractivity contribution is 8.05. The van der Waals surface area contributed by atoms with Gasteiger partial charge in [0, 0.05) is 51.1 Å². The molecule has 4 aromatic rings. The predicted molar refractivity (Wildman–Crippen MR) is 208 cm³/mol. The number of carbonyl (C=O) groups excluding carboxylic acids is 1. The van der Waals surface area contributed by atoms with E-state index >= 15 is 0 Å². The molecular weight excluding hydrogens is 768 g/mol. The second-order valence-corrected chi connectivity index (χ2v) is 17.0. The summed E-state index contributed by atoms with van der Waals surface area (Å²) in [6.07, 6.45) is 0.629. The van der Waals surface area contributed by atoms with Crippen molar-refractivity contribution in [3.8, 4) is 22.5 Å². The van der Waals surface area contributed by atoms with Gasteiger partial charge in [0.15, 0.2) is 0 Å². The number of nitrogens with zero attached hydrogens (tertiary/aromatic N) is 1. The summed E-state index contributed by atoms with van der Waals surface area (Å²) in [5, 5.41) is 4.23. The Bertz CT molecular complexity index is 2730. The molecule has 0 bridgehead atoms. The Balaban J connectivity index is 1.57. The Morgan fingerprint density at radius 2 is 1.52 bits per heavy atom. The lowest BCUT2D eigenvalue weighted by molar-refractivity contribution is -0.149. The molecule has 0 spiro atoms. The number of esters is 1. The van der Waals surface area contributed by atoms with E-state index in [1.165, 1.54) is 18.2 Å². The van der Waals surface area contributed by atoms with Crippen LogP contribution in [0.5, 0.6) is 0 Å². The van der Waals surface area contributed by atoms with Crippen LogP contribution in [-0.4, -0.2) is 28.3 Å². The van der Waals surface area contributed by atoms with Crippen molar-refractivity contribution >= 4 is 54.0 Å². The molecule has 56 heavy (non-hydrogen) atoms. The van der Waals surface area contributed by atoms with Crippen LogP contribution in [0.4, 0.5) is 30.2 Å². The van der Waals surface area contributed by atoms with E-state index in [1.54, 1.807) is 43.3 Å². The fraction of sp³-hybridized carbons (Fsp3) is 0.220. The van der Waals surface area contributed by atoms with Crippen LogP contribution < -0.4 is 14.8 Å². The van der Waals surface area contributed by atoms with Crippen LogP contribution in [-0.2, 0) is 36.2 Å². The summed E-state index contributed by atoms with van der Waals surface area (Å²) in [6, 6.07) is 26.6. The highest BCUT2D eigenvalue weighted by Crippen LogP contribution is 2.43. The molecule has 0 saturated carbocycles. The average molecular weight is 806 g/mol. The maximum Gasteiger partial charge on any atom is 0.512 e. The van der Waals surface area contributed by atoms with Gasteiger partial charge in [0.2, 0.25) is 0 Å². The number of hydrogen-bond donors (Lipinski definition) is 2. The number of fused-ring (bicyclic) bond motifs is 2. The number of rotatable bonds is 11. The molecule has 0 aromatic heterocycles. The molecule has 0 amide bonds. The molecule has 1 aliphatic heterocycles. The Morgan fingerprint density at radius 1 is 0.839 bits per heavy atom. The number of alkyl halides is 3. The quantitative estimate of drug-likeness (QED) is 0.0974. The lowest BCUT2D eigenvalue weighted by atomic mass is 9.93. The van der Waals surface area contributed by atoms with Gasteiger partial charge in [-0.3, -0.25) is 4.79 Å². The van der Waals surface area contributed by atoms with E-state index in [9.17, 15) is 34.8 Å². The summed E-state index contributed by atoms with van der Waals surface area (Å²) in [7, 11) is -11.6. The van der Waals surface area contributed by atoms with Gasteiger partial charge in [-0.15, -0.1) is 0 Å². The van der Waals surface area contributed by atoms with Crippen LogP contribution >= 0.6 is 0 Å². The maximum atomic E-state index is 13.5. The minimum absolute atomic E-state index is 0.00405.